The number of rotatable bonds is 5. The van der Waals surface area contributed by atoms with Crippen LogP contribution in [0.1, 0.15) is 29.1 Å². The molecule has 3 rings (SSSR count). The molecule has 0 spiro atoms. The number of hydrogen-bond acceptors (Lipinski definition) is 7. The van der Waals surface area contributed by atoms with E-state index < -0.39 is 0 Å². The van der Waals surface area contributed by atoms with Crippen molar-refractivity contribution in [3.8, 4) is 0 Å². The molecular weight excluding hydrogens is 288 g/mol. The fourth-order valence-corrected chi connectivity index (χ4v) is 2.59. The third-order valence-electron chi connectivity index (χ3n) is 2.96. The topological polar surface area (TPSA) is 87.1 Å². The number of nitrogen functional groups attached to an aromatic ring is 1. The van der Waals surface area contributed by atoms with Crippen LogP contribution in [-0.4, -0.2) is 22.2 Å². The SMILES string of the molecule is COC(c1ccccc1)c1noc(Cc2csc(N)n2)n1. The Morgan fingerprint density at radius 1 is 1.29 bits per heavy atom. The van der Waals surface area contributed by atoms with Crippen molar-refractivity contribution in [2.45, 2.75) is 12.5 Å². The molecule has 108 valence electrons. The van der Waals surface area contributed by atoms with Gasteiger partial charge in [-0.15, -0.1) is 11.3 Å². The van der Waals surface area contributed by atoms with Crippen LogP contribution in [0.25, 0.3) is 0 Å². The van der Waals surface area contributed by atoms with Gasteiger partial charge >= 0.3 is 0 Å². The second-order valence-corrected chi connectivity index (χ2v) is 5.32. The maximum Gasteiger partial charge on any atom is 0.232 e. The number of nitrogens with two attached hydrogens (primary N) is 1. The average molecular weight is 302 g/mol. The molecule has 0 saturated heterocycles. The molecule has 0 radical (unpaired) electrons. The van der Waals surface area contributed by atoms with E-state index in [9.17, 15) is 0 Å². The van der Waals surface area contributed by atoms with Crippen molar-refractivity contribution < 1.29 is 9.26 Å². The molecule has 1 atom stereocenters. The molecule has 1 aromatic carbocycles. The summed E-state index contributed by atoms with van der Waals surface area (Å²) in [6.07, 6.45) is 0.121. The van der Waals surface area contributed by atoms with Crippen molar-refractivity contribution in [1.29, 1.82) is 0 Å². The normalized spacial score (nSPS) is 12.4. The van der Waals surface area contributed by atoms with E-state index in [1.54, 1.807) is 7.11 Å². The minimum atomic E-state index is -0.343. The molecule has 7 heteroatoms. The molecule has 2 heterocycles. The van der Waals surface area contributed by atoms with E-state index in [2.05, 4.69) is 15.1 Å². The van der Waals surface area contributed by atoms with Crippen molar-refractivity contribution in [1.82, 2.24) is 15.1 Å². The van der Waals surface area contributed by atoms with Crippen LogP contribution in [0.4, 0.5) is 5.13 Å². The molecule has 0 aliphatic carbocycles. The Bertz CT molecular complexity index is 711. The monoisotopic (exact) mass is 302 g/mol. The van der Waals surface area contributed by atoms with Crippen LogP contribution in [0.3, 0.4) is 0 Å². The zero-order valence-corrected chi connectivity index (χ0v) is 12.2. The summed E-state index contributed by atoms with van der Waals surface area (Å²) >= 11 is 1.39. The highest BCUT2D eigenvalue weighted by Crippen LogP contribution is 2.23. The third-order valence-corrected chi connectivity index (χ3v) is 3.68. The van der Waals surface area contributed by atoms with Gasteiger partial charge in [0.1, 0.15) is 6.10 Å². The van der Waals surface area contributed by atoms with Gasteiger partial charge in [-0.05, 0) is 5.56 Å². The number of nitrogens with zero attached hydrogens (tertiary/aromatic N) is 3. The summed E-state index contributed by atoms with van der Waals surface area (Å²) < 4.78 is 10.7. The van der Waals surface area contributed by atoms with Crippen LogP contribution in [0, 0.1) is 0 Å². The Morgan fingerprint density at radius 3 is 2.76 bits per heavy atom. The van der Waals surface area contributed by atoms with Gasteiger partial charge in [0.05, 0.1) is 12.1 Å². The van der Waals surface area contributed by atoms with Crippen molar-refractivity contribution in [3.63, 3.8) is 0 Å². The van der Waals surface area contributed by atoms with Crippen molar-refractivity contribution in [2.75, 3.05) is 12.8 Å². The molecule has 0 aliphatic heterocycles. The highest BCUT2D eigenvalue weighted by atomic mass is 32.1. The van der Waals surface area contributed by atoms with Gasteiger partial charge < -0.3 is 15.0 Å². The molecule has 0 aliphatic rings. The van der Waals surface area contributed by atoms with Gasteiger partial charge in [0, 0.05) is 12.5 Å². The fraction of sp³-hybridized carbons (Fsp3) is 0.214. The predicted molar refractivity (Wildman–Crippen MR) is 78.9 cm³/mol. The molecule has 0 amide bonds. The second-order valence-electron chi connectivity index (χ2n) is 4.43. The smallest absolute Gasteiger partial charge is 0.232 e. The van der Waals surface area contributed by atoms with Crippen molar-refractivity contribution in [3.05, 3.63) is 58.7 Å². The minimum Gasteiger partial charge on any atom is -0.375 e. The lowest BCUT2D eigenvalue weighted by molar-refractivity contribution is 0.126. The number of hydrogen-bond donors (Lipinski definition) is 1. The van der Waals surface area contributed by atoms with Crippen molar-refractivity contribution in [2.24, 2.45) is 0 Å². The number of benzene rings is 1. The fourth-order valence-electron chi connectivity index (χ4n) is 2.02. The van der Waals surface area contributed by atoms with E-state index in [4.69, 9.17) is 15.0 Å². The summed E-state index contributed by atoms with van der Waals surface area (Å²) in [6.45, 7) is 0. The van der Waals surface area contributed by atoms with Crippen molar-refractivity contribution >= 4 is 16.5 Å². The van der Waals surface area contributed by atoms with Crippen LogP contribution < -0.4 is 5.73 Å². The Hall–Kier alpha value is -2.25. The molecular formula is C14H14N4O2S. The highest BCUT2D eigenvalue weighted by Gasteiger charge is 2.20. The Balaban J connectivity index is 1.80. The van der Waals surface area contributed by atoms with E-state index in [-0.39, 0.29) is 6.10 Å². The molecule has 0 bridgehead atoms. The maximum atomic E-state index is 5.60. The predicted octanol–water partition coefficient (Wildman–Crippen LogP) is 2.43. The number of anilines is 1. The average Bonchev–Trinajstić information content (AvgIpc) is 3.11. The molecule has 6 nitrogen and oxygen atoms in total. The molecule has 3 aromatic rings. The standard InChI is InChI=1S/C14H14N4O2S/c1-19-12(9-5-3-2-4-6-9)13-17-11(20-18-13)7-10-8-21-14(15)16-10/h2-6,8,12H,7H2,1H3,(H2,15,16). The van der Waals surface area contributed by atoms with E-state index in [1.165, 1.54) is 11.3 Å². The van der Waals surface area contributed by atoms with E-state index in [0.717, 1.165) is 11.3 Å². The Labute approximate surface area is 125 Å². The van der Waals surface area contributed by atoms with Crippen LogP contribution in [0.15, 0.2) is 40.2 Å². The number of methoxy groups -OCH3 is 1. The first-order valence-electron chi connectivity index (χ1n) is 6.36. The molecule has 1 unspecified atom stereocenters. The van der Waals surface area contributed by atoms with Gasteiger partial charge in [-0.1, -0.05) is 35.5 Å². The Morgan fingerprint density at radius 2 is 2.10 bits per heavy atom. The minimum absolute atomic E-state index is 0.343. The first kappa shape index (κ1) is 13.7. The number of ether oxygens (including phenoxy) is 1. The van der Waals surface area contributed by atoms with Crippen LogP contribution >= 0.6 is 11.3 Å². The molecule has 0 saturated carbocycles. The lowest BCUT2D eigenvalue weighted by Crippen LogP contribution is -2.05. The van der Waals surface area contributed by atoms with Gasteiger partial charge in [-0.3, -0.25) is 0 Å². The van der Waals surface area contributed by atoms with Crippen LogP contribution in [0.5, 0.6) is 0 Å². The molecule has 21 heavy (non-hydrogen) atoms. The largest absolute Gasteiger partial charge is 0.375 e. The first-order chi connectivity index (χ1) is 10.3. The van der Waals surface area contributed by atoms with Crippen LogP contribution in [0.2, 0.25) is 0 Å². The van der Waals surface area contributed by atoms with Gasteiger partial charge in [0.25, 0.3) is 0 Å². The molecule has 2 N–H and O–H groups in total. The number of thiazole rings is 1. The lowest BCUT2D eigenvalue weighted by atomic mass is 10.1. The maximum absolute atomic E-state index is 5.60. The summed E-state index contributed by atoms with van der Waals surface area (Å²) in [5, 5.41) is 6.41. The van der Waals surface area contributed by atoms with Crippen LogP contribution in [-0.2, 0) is 11.2 Å². The lowest BCUT2D eigenvalue weighted by Gasteiger charge is -2.10. The first-order valence-corrected chi connectivity index (χ1v) is 7.24. The summed E-state index contributed by atoms with van der Waals surface area (Å²) in [4.78, 5) is 8.56. The quantitative estimate of drug-likeness (QED) is 0.779. The van der Waals surface area contributed by atoms with E-state index >= 15 is 0 Å². The molecule has 0 fully saturated rings. The van der Waals surface area contributed by atoms with Gasteiger partial charge in [0.2, 0.25) is 11.7 Å². The number of aromatic nitrogens is 3. The van der Waals surface area contributed by atoms with Gasteiger partial charge in [0.15, 0.2) is 5.13 Å². The third kappa shape index (κ3) is 3.09. The molecule has 2 aromatic heterocycles. The summed E-state index contributed by atoms with van der Waals surface area (Å²) in [6, 6.07) is 9.77. The summed E-state index contributed by atoms with van der Waals surface area (Å²) in [7, 11) is 1.62. The Kier molecular flexibility index (Phi) is 3.94. The zero-order chi connectivity index (χ0) is 14.7. The summed E-state index contributed by atoms with van der Waals surface area (Å²) in [5.41, 5.74) is 7.40. The zero-order valence-electron chi connectivity index (χ0n) is 11.4. The van der Waals surface area contributed by atoms with Gasteiger partial charge in [-0.2, -0.15) is 4.98 Å². The van der Waals surface area contributed by atoms with E-state index in [0.29, 0.717) is 23.3 Å². The summed E-state index contributed by atoms with van der Waals surface area (Å²) in [5.74, 6) is 0.996. The highest BCUT2D eigenvalue weighted by molar-refractivity contribution is 7.13. The van der Waals surface area contributed by atoms with E-state index in [1.807, 2.05) is 35.7 Å². The second kappa shape index (κ2) is 6.02. The van der Waals surface area contributed by atoms with Gasteiger partial charge in [-0.25, -0.2) is 4.98 Å².